The Labute approximate surface area is 176 Å². The first-order valence-corrected chi connectivity index (χ1v) is 10.9. The van der Waals surface area contributed by atoms with Crippen LogP contribution in [0, 0.1) is 11.3 Å². The largest absolute Gasteiger partial charge is 0.380 e. The van der Waals surface area contributed by atoms with Gasteiger partial charge in [-0.2, -0.15) is 5.10 Å². The molecule has 3 saturated heterocycles. The molecular weight excluding hydrogens is 382 g/mol. The van der Waals surface area contributed by atoms with E-state index < -0.39 is 0 Å². The van der Waals surface area contributed by atoms with E-state index in [2.05, 4.69) is 34.4 Å². The second-order valence-corrected chi connectivity index (χ2v) is 9.38. The first kappa shape index (κ1) is 19.5. The van der Waals surface area contributed by atoms with Gasteiger partial charge in [0, 0.05) is 31.1 Å². The monoisotopic (exact) mass is 411 g/mol. The van der Waals surface area contributed by atoms with Gasteiger partial charge >= 0.3 is 6.03 Å². The van der Waals surface area contributed by atoms with Crippen LogP contribution in [-0.4, -0.2) is 65.8 Å². The number of aromatic nitrogens is 2. The van der Waals surface area contributed by atoms with Crippen LogP contribution in [0.25, 0.3) is 5.52 Å². The number of rotatable bonds is 5. The molecule has 2 aromatic heterocycles. The van der Waals surface area contributed by atoms with Crippen molar-refractivity contribution >= 4 is 23.1 Å². The number of likely N-dealkylation sites (tertiary alicyclic amines) is 1. The highest BCUT2D eigenvalue weighted by Crippen LogP contribution is 2.31. The number of carbonyl (C=O) groups is 2. The third-order valence-electron chi connectivity index (χ3n) is 6.65. The van der Waals surface area contributed by atoms with Crippen molar-refractivity contribution in [3.8, 4) is 0 Å². The lowest BCUT2D eigenvalue weighted by molar-refractivity contribution is -0.120. The molecule has 0 spiro atoms. The molecule has 3 aliphatic heterocycles. The molecule has 0 unspecified atom stereocenters. The van der Waals surface area contributed by atoms with Gasteiger partial charge < -0.3 is 9.64 Å². The molecule has 8 nitrogen and oxygen atoms in total. The van der Waals surface area contributed by atoms with Crippen molar-refractivity contribution < 1.29 is 14.3 Å². The number of ether oxygens (including phenoxy) is 1. The number of hydrogen-bond acceptors (Lipinski definition) is 5. The Bertz CT molecular complexity index is 959. The van der Waals surface area contributed by atoms with Crippen molar-refractivity contribution in [2.45, 2.75) is 32.6 Å². The Hall–Kier alpha value is -2.45. The summed E-state index contributed by atoms with van der Waals surface area (Å²) in [5.41, 5.74) is 3.29. The number of nitrogens with one attached hydrogen (secondary N) is 1. The van der Waals surface area contributed by atoms with Crippen molar-refractivity contribution in [1.29, 1.82) is 0 Å². The molecule has 0 saturated carbocycles. The van der Waals surface area contributed by atoms with Crippen LogP contribution in [0.2, 0.25) is 0 Å². The summed E-state index contributed by atoms with van der Waals surface area (Å²) in [6.07, 6.45) is 7.45. The molecule has 30 heavy (non-hydrogen) atoms. The Kier molecular flexibility index (Phi) is 4.99. The zero-order chi connectivity index (χ0) is 20.7. The Morgan fingerprint density at radius 1 is 1.23 bits per heavy atom. The van der Waals surface area contributed by atoms with E-state index in [4.69, 9.17) is 4.74 Å². The molecule has 160 valence electrons. The lowest BCUT2D eigenvalue weighted by Crippen LogP contribution is -2.50. The van der Waals surface area contributed by atoms with Gasteiger partial charge in [-0.3, -0.25) is 15.0 Å². The molecule has 1 N–H and O–H groups in total. The minimum absolute atomic E-state index is 0.224. The number of anilines is 1. The second kappa shape index (κ2) is 7.67. The van der Waals surface area contributed by atoms with Gasteiger partial charge in [0.1, 0.15) is 0 Å². The quantitative estimate of drug-likeness (QED) is 0.815. The fourth-order valence-corrected chi connectivity index (χ4v) is 4.90. The average molecular weight is 412 g/mol. The highest BCUT2D eigenvalue weighted by atomic mass is 16.5. The van der Waals surface area contributed by atoms with Crippen LogP contribution in [0.4, 0.5) is 10.5 Å². The van der Waals surface area contributed by atoms with E-state index in [9.17, 15) is 9.59 Å². The van der Waals surface area contributed by atoms with Crippen LogP contribution < -0.4 is 10.2 Å². The highest BCUT2D eigenvalue weighted by molar-refractivity contribution is 6.07. The average Bonchev–Trinajstić information content (AvgIpc) is 3.11. The zero-order valence-electron chi connectivity index (χ0n) is 17.5. The maximum Gasteiger partial charge on any atom is 0.328 e. The van der Waals surface area contributed by atoms with E-state index in [1.54, 1.807) is 15.6 Å². The summed E-state index contributed by atoms with van der Waals surface area (Å²) in [5, 5.41) is 6.78. The standard InChI is InChI=1S/C22H29N5O3/c1-22(14-30-15-22)13-25-6-2-16(3-7-25)10-17-4-9-27-18(11-17)19(12-23-27)26-8-5-20(28)24-21(26)29/h4,9,11-12,16H,2-3,5-8,10,13-15H2,1H3,(H,24,28,29). The SMILES string of the molecule is CC1(CN2CCC(Cc3ccn4ncc(N5CCC(=O)NC5=O)c4c3)CC2)COC1. The van der Waals surface area contributed by atoms with Crippen molar-refractivity contribution in [1.82, 2.24) is 19.8 Å². The number of nitrogens with zero attached hydrogens (tertiary/aromatic N) is 4. The lowest BCUT2D eigenvalue weighted by Gasteiger charge is -2.43. The van der Waals surface area contributed by atoms with Crippen LogP contribution >= 0.6 is 0 Å². The van der Waals surface area contributed by atoms with Gasteiger partial charge in [-0.05, 0) is 56.0 Å². The summed E-state index contributed by atoms with van der Waals surface area (Å²) in [6.45, 7) is 7.95. The third-order valence-corrected chi connectivity index (χ3v) is 6.65. The van der Waals surface area contributed by atoms with E-state index in [-0.39, 0.29) is 11.9 Å². The number of amides is 3. The van der Waals surface area contributed by atoms with E-state index in [1.165, 1.54) is 18.4 Å². The zero-order valence-corrected chi connectivity index (χ0v) is 17.5. The van der Waals surface area contributed by atoms with Crippen LogP contribution in [-0.2, 0) is 16.0 Å². The molecule has 2 aromatic rings. The number of urea groups is 1. The van der Waals surface area contributed by atoms with Gasteiger partial charge in [0.2, 0.25) is 5.91 Å². The topological polar surface area (TPSA) is 79.2 Å². The Morgan fingerprint density at radius 2 is 2.03 bits per heavy atom. The number of hydrogen-bond donors (Lipinski definition) is 1. The highest BCUT2D eigenvalue weighted by Gasteiger charge is 2.36. The maximum atomic E-state index is 12.2. The minimum Gasteiger partial charge on any atom is -0.380 e. The fourth-order valence-electron chi connectivity index (χ4n) is 4.90. The van der Waals surface area contributed by atoms with E-state index >= 15 is 0 Å². The van der Waals surface area contributed by atoms with E-state index in [0.29, 0.717) is 24.3 Å². The summed E-state index contributed by atoms with van der Waals surface area (Å²) in [5.74, 6) is 0.454. The number of imide groups is 1. The summed E-state index contributed by atoms with van der Waals surface area (Å²) < 4.78 is 7.19. The maximum absolute atomic E-state index is 12.2. The predicted molar refractivity (Wildman–Crippen MR) is 112 cm³/mol. The normalized spacial score (nSPS) is 22.9. The molecule has 0 aromatic carbocycles. The Morgan fingerprint density at radius 3 is 2.73 bits per heavy atom. The van der Waals surface area contributed by atoms with Crippen LogP contribution in [0.1, 0.15) is 31.7 Å². The molecule has 3 amide bonds. The summed E-state index contributed by atoms with van der Waals surface area (Å²) in [4.78, 5) is 27.9. The van der Waals surface area contributed by atoms with Crippen molar-refractivity contribution in [3.05, 3.63) is 30.1 Å². The number of fused-ring (bicyclic) bond motifs is 1. The van der Waals surface area contributed by atoms with Crippen molar-refractivity contribution in [2.24, 2.45) is 11.3 Å². The molecule has 3 fully saturated rings. The summed E-state index contributed by atoms with van der Waals surface area (Å²) in [6, 6.07) is 3.90. The fraction of sp³-hybridized carbons (Fsp3) is 0.591. The van der Waals surface area contributed by atoms with Crippen LogP contribution in [0.15, 0.2) is 24.5 Å². The van der Waals surface area contributed by atoms with Crippen LogP contribution in [0.3, 0.4) is 0 Å². The van der Waals surface area contributed by atoms with Crippen molar-refractivity contribution in [2.75, 3.05) is 44.3 Å². The van der Waals surface area contributed by atoms with Gasteiger partial charge in [-0.15, -0.1) is 0 Å². The second-order valence-electron chi connectivity index (χ2n) is 9.38. The third kappa shape index (κ3) is 3.81. The summed E-state index contributed by atoms with van der Waals surface area (Å²) in [7, 11) is 0. The Balaban J connectivity index is 1.24. The molecule has 8 heteroatoms. The summed E-state index contributed by atoms with van der Waals surface area (Å²) >= 11 is 0. The molecule has 5 heterocycles. The van der Waals surface area contributed by atoms with Gasteiger partial charge in [0.15, 0.2) is 0 Å². The molecule has 0 bridgehead atoms. The van der Waals surface area contributed by atoms with Gasteiger partial charge in [-0.1, -0.05) is 6.92 Å². The smallest absolute Gasteiger partial charge is 0.328 e. The van der Waals surface area contributed by atoms with Gasteiger partial charge in [0.05, 0.1) is 30.6 Å². The molecule has 0 atom stereocenters. The van der Waals surface area contributed by atoms with Crippen LogP contribution in [0.5, 0.6) is 0 Å². The van der Waals surface area contributed by atoms with E-state index in [0.717, 1.165) is 50.5 Å². The molecule has 0 radical (unpaired) electrons. The minimum atomic E-state index is -0.371. The first-order valence-electron chi connectivity index (χ1n) is 10.9. The molecule has 3 aliphatic rings. The molecular formula is C22H29N5O3. The lowest BCUT2D eigenvalue weighted by atomic mass is 9.85. The van der Waals surface area contributed by atoms with E-state index in [1.807, 2.05) is 6.20 Å². The molecule has 0 aliphatic carbocycles. The number of pyridine rings is 1. The first-order chi connectivity index (χ1) is 14.5. The van der Waals surface area contributed by atoms with Gasteiger partial charge in [-0.25, -0.2) is 9.31 Å². The van der Waals surface area contributed by atoms with Gasteiger partial charge in [0.25, 0.3) is 0 Å². The van der Waals surface area contributed by atoms with Crippen molar-refractivity contribution in [3.63, 3.8) is 0 Å². The predicted octanol–water partition coefficient (Wildman–Crippen LogP) is 2.07. The molecule has 5 rings (SSSR count). The number of piperidine rings is 1. The number of carbonyl (C=O) groups excluding carboxylic acids is 2.